The van der Waals surface area contributed by atoms with E-state index in [9.17, 15) is 4.79 Å². The van der Waals surface area contributed by atoms with Crippen molar-refractivity contribution >= 4 is 23.2 Å². The number of fused-ring (bicyclic) bond motifs is 1. The molecule has 6 nitrogen and oxygen atoms in total. The molecule has 150 valence electrons. The number of nitrogens with one attached hydrogen (secondary N) is 1. The molecule has 0 bridgehead atoms. The van der Waals surface area contributed by atoms with E-state index in [0.717, 1.165) is 36.3 Å². The zero-order chi connectivity index (χ0) is 20.1. The highest BCUT2D eigenvalue weighted by Crippen LogP contribution is 2.29. The maximum Gasteiger partial charge on any atom is 0.228 e. The van der Waals surface area contributed by atoms with Crippen LogP contribution in [-0.2, 0) is 24.2 Å². The lowest BCUT2D eigenvalue weighted by molar-refractivity contribution is -0.115. The van der Waals surface area contributed by atoms with Crippen molar-refractivity contribution in [3.05, 3.63) is 71.0 Å². The summed E-state index contributed by atoms with van der Waals surface area (Å²) >= 11 is 6.12. The van der Waals surface area contributed by atoms with Gasteiger partial charge in [-0.2, -0.15) is 5.10 Å². The number of halogens is 1. The average Bonchev–Trinajstić information content (AvgIpc) is 3.23. The van der Waals surface area contributed by atoms with Crippen molar-refractivity contribution in [1.29, 1.82) is 0 Å². The quantitative estimate of drug-likeness (QED) is 0.635. The predicted molar refractivity (Wildman–Crippen MR) is 112 cm³/mol. The molecule has 4 rings (SSSR count). The molecule has 1 aromatic heterocycles. The number of carbonyl (C=O) groups is 1. The number of anilines is 1. The maximum atomic E-state index is 12.6. The Hall–Kier alpha value is -2.99. The molecule has 1 aliphatic heterocycles. The summed E-state index contributed by atoms with van der Waals surface area (Å²) in [4.78, 5) is 12.6. The van der Waals surface area contributed by atoms with Crippen molar-refractivity contribution in [2.24, 2.45) is 0 Å². The van der Waals surface area contributed by atoms with Crippen molar-refractivity contribution in [2.45, 2.75) is 25.8 Å². The van der Waals surface area contributed by atoms with Gasteiger partial charge in [0.05, 0.1) is 25.3 Å². The Morgan fingerprint density at radius 3 is 3.07 bits per heavy atom. The van der Waals surface area contributed by atoms with Gasteiger partial charge in [-0.05, 0) is 54.3 Å². The Kier molecular flexibility index (Phi) is 6.00. The van der Waals surface area contributed by atoms with Crippen LogP contribution in [0.25, 0.3) is 0 Å². The summed E-state index contributed by atoms with van der Waals surface area (Å²) in [7, 11) is 0. The molecule has 0 atom stereocenters. The summed E-state index contributed by atoms with van der Waals surface area (Å²) in [5.41, 5.74) is 2.67. The number of amides is 1. The SMILES string of the molecule is O=C(Cc1ccc2c(c1)CCCO2)Nc1cc(Cl)ccc1OCCn1cccn1. The standard InChI is InChI=1S/C22H22ClN3O3/c23-18-5-7-21(29-12-10-26-9-2-8-24-26)19(15-18)25-22(27)14-16-4-6-20-17(13-16)3-1-11-28-20/h2,4-9,13,15H,1,3,10-12,14H2,(H,25,27). The van der Waals surface area contributed by atoms with E-state index in [2.05, 4.69) is 10.4 Å². The van der Waals surface area contributed by atoms with Crippen LogP contribution in [0.2, 0.25) is 5.02 Å². The van der Waals surface area contributed by atoms with E-state index < -0.39 is 0 Å². The lowest BCUT2D eigenvalue weighted by Gasteiger charge is -2.18. The number of hydrogen-bond acceptors (Lipinski definition) is 4. The number of hydrogen-bond donors (Lipinski definition) is 1. The first-order chi connectivity index (χ1) is 14.2. The van der Waals surface area contributed by atoms with E-state index in [1.54, 1.807) is 29.1 Å². The largest absolute Gasteiger partial charge is 0.493 e. The number of rotatable bonds is 7. The highest BCUT2D eigenvalue weighted by Gasteiger charge is 2.14. The lowest BCUT2D eigenvalue weighted by atomic mass is 10.0. The molecule has 0 radical (unpaired) electrons. The number of aryl methyl sites for hydroxylation is 1. The Morgan fingerprint density at radius 1 is 1.28 bits per heavy atom. The molecule has 2 aromatic carbocycles. The van der Waals surface area contributed by atoms with Crippen LogP contribution in [0, 0.1) is 0 Å². The van der Waals surface area contributed by atoms with Crippen molar-refractivity contribution < 1.29 is 14.3 Å². The molecule has 1 aliphatic rings. The van der Waals surface area contributed by atoms with Crippen LogP contribution in [0.4, 0.5) is 5.69 Å². The van der Waals surface area contributed by atoms with Crippen molar-refractivity contribution in [1.82, 2.24) is 9.78 Å². The molecule has 0 unspecified atom stereocenters. The van der Waals surface area contributed by atoms with Gasteiger partial charge in [-0.25, -0.2) is 0 Å². The van der Waals surface area contributed by atoms with Crippen LogP contribution < -0.4 is 14.8 Å². The molecule has 1 amide bonds. The van der Waals surface area contributed by atoms with E-state index in [-0.39, 0.29) is 12.3 Å². The first kappa shape index (κ1) is 19.3. The Bertz CT molecular complexity index is 989. The van der Waals surface area contributed by atoms with E-state index in [4.69, 9.17) is 21.1 Å². The number of nitrogens with zero attached hydrogens (tertiary/aromatic N) is 2. The van der Waals surface area contributed by atoms with Crippen LogP contribution in [0.5, 0.6) is 11.5 Å². The van der Waals surface area contributed by atoms with Gasteiger partial charge < -0.3 is 14.8 Å². The van der Waals surface area contributed by atoms with Gasteiger partial charge in [0, 0.05) is 17.4 Å². The smallest absolute Gasteiger partial charge is 0.228 e. The van der Waals surface area contributed by atoms with Gasteiger partial charge in [0.2, 0.25) is 5.91 Å². The van der Waals surface area contributed by atoms with E-state index in [1.807, 2.05) is 30.5 Å². The highest BCUT2D eigenvalue weighted by atomic mass is 35.5. The minimum atomic E-state index is -0.124. The average molecular weight is 412 g/mol. The first-order valence-corrected chi connectivity index (χ1v) is 9.99. The fourth-order valence-corrected chi connectivity index (χ4v) is 3.48. The molecule has 29 heavy (non-hydrogen) atoms. The summed E-state index contributed by atoms with van der Waals surface area (Å²) in [6.45, 7) is 1.79. The van der Waals surface area contributed by atoms with Gasteiger partial charge in [-0.15, -0.1) is 0 Å². The fourth-order valence-electron chi connectivity index (χ4n) is 3.31. The Morgan fingerprint density at radius 2 is 2.21 bits per heavy atom. The zero-order valence-corrected chi connectivity index (χ0v) is 16.7. The highest BCUT2D eigenvalue weighted by molar-refractivity contribution is 6.31. The summed E-state index contributed by atoms with van der Waals surface area (Å²) in [6.07, 6.45) is 5.85. The second-order valence-corrected chi connectivity index (χ2v) is 7.31. The normalized spacial score (nSPS) is 12.7. The maximum absolute atomic E-state index is 12.6. The second kappa shape index (κ2) is 9.01. The van der Waals surface area contributed by atoms with Crippen LogP contribution in [0.15, 0.2) is 54.9 Å². The van der Waals surface area contributed by atoms with Gasteiger partial charge >= 0.3 is 0 Å². The minimum absolute atomic E-state index is 0.124. The summed E-state index contributed by atoms with van der Waals surface area (Å²) in [6, 6.07) is 13.0. The number of aromatic nitrogens is 2. The molecule has 0 spiro atoms. The number of ether oxygens (including phenoxy) is 2. The third-order valence-corrected chi connectivity index (χ3v) is 4.93. The van der Waals surface area contributed by atoms with Gasteiger partial charge in [-0.1, -0.05) is 23.7 Å². The van der Waals surface area contributed by atoms with Crippen molar-refractivity contribution in [2.75, 3.05) is 18.5 Å². The van der Waals surface area contributed by atoms with Crippen LogP contribution in [0.3, 0.4) is 0 Å². The summed E-state index contributed by atoms with van der Waals surface area (Å²) in [5, 5.41) is 7.60. The van der Waals surface area contributed by atoms with Gasteiger partial charge in [0.1, 0.15) is 18.1 Å². The molecule has 0 fully saturated rings. The minimum Gasteiger partial charge on any atom is -0.493 e. The number of benzene rings is 2. The topological polar surface area (TPSA) is 65.4 Å². The molecule has 0 saturated heterocycles. The molecular weight excluding hydrogens is 390 g/mol. The monoisotopic (exact) mass is 411 g/mol. The Labute approximate surface area is 174 Å². The van der Waals surface area contributed by atoms with Gasteiger partial charge in [0.25, 0.3) is 0 Å². The van der Waals surface area contributed by atoms with E-state index >= 15 is 0 Å². The fraction of sp³-hybridized carbons (Fsp3) is 0.273. The molecule has 0 saturated carbocycles. The van der Waals surface area contributed by atoms with E-state index in [0.29, 0.717) is 29.6 Å². The Balaban J connectivity index is 1.40. The molecule has 7 heteroatoms. The number of carbonyl (C=O) groups excluding carboxylic acids is 1. The summed E-state index contributed by atoms with van der Waals surface area (Å²) in [5.74, 6) is 1.37. The van der Waals surface area contributed by atoms with Crippen LogP contribution in [-0.4, -0.2) is 28.9 Å². The third-order valence-electron chi connectivity index (χ3n) is 4.69. The lowest BCUT2D eigenvalue weighted by Crippen LogP contribution is -2.16. The van der Waals surface area contributed by atoms with Gasteiger partial charge in [0.15, 0.2) is 0 Å². The summed E-state index contributed by atoms with van der Waals surface area (Å²) < 4.78 is 13.3. The zero-order valence-electron chi connectivity index (χ0n) is 15.9. The van der Waals surface area contributed by atoms with Crippen LogP contribution >= 0.6 is 11.6 Å². The van der Waals surface area contributed by atoms with Crippen molar-refractivity contribution in [3.8, 4) is 11.5 Å². The second-order valence-electron chi connectivity index (χ2n) is 6.88. The third kappa shape index (κ3) is 5.09. The predicted octanol–water partition coefficient (Wildman–Crippen LogP) is 4.12. The molecule has 2 heterocycles. The molecule has 0 aliphatic carbocycles. The molecular formula is C22H22ClN3O3. The van der Waals surface area contributed by atoms with E-state index in [1.165, 1.54) is 0 Å². The molecule has 3 aromatic rings. The van der Waals surface area contributed by atoms with Gasteiger partial charge in [-0.3, -0.25) is 9.48 Å². The first-order valence-electron chi connectivity index (χ1n) is 9.61. The van der Waals surface area contributed by atoms with Crippen molar-refractivity contribution in [3.63, 3.8) is 0 Å². The van der Waals surface area contributed by atoms with Crippen LogP contribution in [0.1, 0.15) is 17.5 Å². The molecule has 1 N–H and O–H groups in total.